The number of aromatic nitrogens is 3. The van der Waals surface area contributed by atoms with Crippen molar-refractivity contribution in [3.8, 4) is 0 Å². The minimum absolute atomic E-state index is 0.608. The summed E-state index contributed by atoms with van der Waals surface area (Å²) >= 11 is 0. The molecular weight excluding hydrogens is 176 g/mol. The van der Waals surface area contributed by atoms with Crippen LogP contribution in [0.5, 0.6) is 0 Å². The van der Waals surface area contributed by atoms with Crippen LogP contribution in [0, 0.1) is 0 Å². The molecule has 0 unspecified atom stereocenters. The molecule has 14 heavy (non-hydrogen) atoms. The van der Waals surface area contributed by atoms with Crippen molar-refractivity contribution in [2.45, 2.75) is 0 Å². The molecule has 4 heteroatoms. The summed E-state index contributed by atoms with van der Waals surface area (Å²) in [7, 11) is 0. The lowest BCUT2D eigenvalue weighted by molar-refractivity contribution is 0.867. The molecule has 0 aliphatic carbocycles. The van der Waals surface area contributed by atoms with E-state index >= 15 is 0 Å². The second-order valence-electron chi connectivity index (χ2n) is 3.19. The van der Waals surface area contributed by atoms with Crippen LogP contribution in [0.2, 0.25) is 0 Å². The van der Waals surface area contributed by atoms with Gasteiger partial charge in [0.2, 0.25) is 0 Å². The maximum atomic E-state index is 5.83. The fraction of sp³-hybridized carbons (Fsp3) is 0. The van der Waals surface area contributed by atoms with Gasteiger partial charge in [0.25, 0.3) is 0 Å². The van der Waals surface area contributed by atoms with Gasteiger partial charge in [-0.3, -0.25) is 0 Å². The van der Waals surface area contributed by atoms with Gasteiger partial charge in [-0.25, -0.2) is 0 Å². The van der Waals surface area contributed by atoms with Crippen LogP contribution in [0.25, 0.3) is 16.3 Å². The molecule has 0 fully saturated rings. The van der Waals surface area contributed by atoms with Crippen LogP contribution in [-0.2, 0) is 0 Å². The molecule has 0 spiro atoms. The second-order valence-corrected chi connectivity index (χ2v) is 3.19. The molecular formula is C10H8N4. The molecule has 0 amide bonds. The Morgan fingerprint density at radius 3 is 3.00 bits per heavy atom. The molecule has 0 saturated heterocycles. The zero-order valence-electron chi connectivity index (χ0n) is 7.38. The predicted molar refractivity (Wildman–Crippen MR) is 54.9 cm³/mol. The Morgan fingerprint density at radius 2 is 2.07 bits per heavy atom. The highest BCUT2D eigenvalue weighted by Gasteiger charge is 2.04. The van der Waals surface area contributed by atoms with Crippen molar-refractivity contribution in [1.82, 2.24) is 14.8 Å². The van der Waals surface area contributed by atoms with E-state index in [4.69, 9.17) is 5.73 Å². The summed E-state index contributed by atoms with van der Waals surface area (Å²) in [6, 6.07) is 9.94. The van der Waals surface area contributed by atoms with E-state index in [-0.39, 0.29) is 0 Å². The number of fused-ring (bicyclic) bond motifs is 3. The van der Waals surface area contributed by atoms with Crippen LogP contribution in [-0.4, -0.2) is 14.8 Å². The van der Waals surface area contributed by atoms with Crippen molar-refractivity contribution in [3.63, 3.8) is 0 Å². The van der Waals surface area contributed by atoms with Crippen molar-refractivity contribution in [2.24, 2.45) is 0 Å². The second kappa shape index (κ2) is 2.45. The lowest BCUT2D eigenvalue weighted by Gasteiger charge is -2.02. The van der Waals surface area contributed by atoms with Gasteiger partial charge in [-0.15, -0.1) is 5.10 Å². The summed E-state index contributed by atoms with van der Waals surface area (Å²) in [4.78, 5) is 0. The van der Waals surface area contributed by atoms with Gasteiger partial charge in [-0.1, -0.05) is 29.5 Å². The summed E-state index contributed by atoms with van der Waals surface area (Å²) in [6.07, 6.45) is 1.72. The Balaban J connectivity index is 2.66. The number of nitrogens with two attached hydrogens (primary N) is 1. The lowest BCUT2D eigenvalue weighted by atomic mass is 10.1. The zero-order valence-corrected chi connectivity index (χ0v) is 7.38. The number of pyridine rings is 1. The Morgan fingerprint density at radius 1 is 1.21 bits per heavy atom. The summed E-state index contributed by atoms with van der Waals surface area (Å²) in [6.45, 7) is 0. The van der Waals surface area contributed by atoms with Crippen molar-refractivity contribution < 1.29 is 0 Å². The maximum absolute atomic E-state index is 5.83. The largest absolute Gasteiger partial charge is 0.384 e. The van der Waals surface area contributed by atoms with Crippen LogP contribution >= 0.6 is 0 Å². The maximum Gasteiger partial charge on any atom is 0.127 e. The fourth-order valence-corrected chi connectivity index (χ4v) is 1.69. The third kappa shape index (κ3) is 0.821. The Hall–Kier alpha value is -2.10. The number of hydrogen-bond acceptors (Lipinski definition) is 3. The first kappa shape index (κ1) is 7.32. The van der Waals surface area contributed by atoms with Gasteiger partial charge < -0.3 is 5.73 Å². The van der Waals surface area contributed by atoms with Gasteiger partial charge in [0, 0.05) is 5.39 Å². The van der Waals surface area contributed by atoms with Crippen molar-refractivity contribution in [1.29, 1.82) is 0 Å². The monoisotopic (exact) mass is 184 g/mol. The van der Waals surface area contributed by atoms with E-state index in [9.17, 15) is 0 Å². The summed E-state index contributed by atoms with van der Waals surface area (Å²) in [5.74, 6) is 0.608. The molecule has 4 nitrogen and oxygen atoms in total. The smallest absolute Gasteiger partial charge is 0.127 e. The number of anilines is 1. The lowest BCUT2D eigenvalue weighted by Crippen LogP contribution is -1.98. The van der Waals surface area contributed by atoms with E-state index in [1.165, 1.54) is 0 Å². The van der Waals surface area contributed by atoms with Crippen LogP contribution in [0.15, 0.2) is 36.5 Å². The van der Waals surface area contributed by atoms with E-state index in [2.05, 4.69) is 10.3 Å². The first-order chi connectivity index (χ1) is 6.86. The molecule has 1 aromatic carbocycles. The predicted octanol–water partition coefficient (Wildman–Crippen LogP) is 1.46. The Bertz CT molecular complexity index is 612. The Labute approximate surface area is 79.9 Å². The highest BCUT2D eigenvalue weighted by molar-refractivity contribution is 5.97. The van der Waals surface area contributed by atoms with Crippen LogP contribution in [0.1, 0.15) is 0 Å². The molecule has 2 N–H and O–H groups in total. The highest BCUT2D eigenvalue weighted by atomic mass is 15.4. The summed E-state index contributed by atoms with van der Waals surface area (Å²) in [5.41, 5.74) is 6.77. The molecule has 2 heterocycles. The highest BCUT2D eigenvalue weighted by Crippen LogP contribution is 2.21. The summed E-state index contributed by atoms with van der Waals surface area (Å²) < 4.78 is 1.64. The molecule has 3 rings (SSSR count). The van der Waals surface area contributed by atoms with Crippen molar-refractivity contribution >= 4 is 22.1 Å². The molecule has 0 aliphatic heterocycles. The fourth-order valence-electron chi connectivity index (χ4n) is 1.69. The molecule has 0 bridgehead atoms. The Kier molecular flexibility index (Phi) is 1.28. The number of rotatable bonds is 0. The quantitative estimate of drug-likeness (QED) is 0.575. The first-order valence-corrected chi connectivity index (χ1v) is 4.34. The number of benzene rings is 1. The molecule has 2 aromatic heterocycles. The van der Waals surface area contributed by atoms with Gasteiger partial charge in [-0.05, 0) is 11.5 Å². The third-order valence-electron chi connectivity index (χ3n) is 2.33. The molecule has 0 aliphatic rings. The van der Waals surface area contributed by atoms with Gasteiger partial charge in [0.05, 0.1) is 11.7 Å². The third-order valence-corrected chi connectivity index (χ3v) is 2.33. The first-order valence-electron chi connectivity index (χ1n) is 4.34. The van der Waals surface area contributed by atoms with E-state index in [0.29, 0.717) is 5.82 Å². The van der Waals surface area contributed by atoms with Gasteiger partial charge in [0.1, 0.15) is 5.82 Å². The SMILES string of the molecule is Nc1cc2ccccc2c2cnnn12. The standard InChI is InChI=1S/C10H8N4/c11-10-5-7-3-1-2-4-8(7)9-6-12-13-14(9)10/h1-6H,11H2. The van der Waals surface area contributed by atoms with Gasteiger partial charge in [-0.2, -0.15) is 4.52 Å². The number of nitrogens with zero attached hydrogens (tertiary/aromatic N) is 3. The molecule has 0 saturated carbocycles. The van der Waals surface area contributed by atoms with E-state index in [0.717, 1.165) is 16.3 Å². The summed E-state index contributed by atoms with van der Waals surface area (Å²) in [5, 5.41) is 9.98. The van der Waals surface area contributed by atoms with Crippen molar-refractivity contribution in [2.75, 3.05) is 5.73 Å². The minimum Gasteiger partial charge on any atom is -0.384 e. The topological polar surface area (TPSA) is 56.2 Å². The molecule has 0 radical (unpaired) electrons. The molecule has 3 aromatic rings. The average Bonchev–Trinajstić information content (AvgIpc) is 2.67. The van der Waals surface area contributed by atoms with Crippen LogP contribution in [0.3, 0.4) is 0 Å². The van der Waals surface area contributed by atoms with E-state index in [1.807, 2.05) is 30.3 Å². The van der Waals surface area contributed by atoms with Crippen molar-refractivity contribution in [3.05, 3.63) is 36.5 Å². The van der Waals surface area contributed by atoms with E-state index in [1.54, 1.807) is 10.7 Å². The number of hydrogen-bond donors (Lipinski definition) is 1. The molecule has 68 valence electrons. The van der Waals surface area contributed by atoms with Gasteiger partial charge >= 0.3 is 0 Å². The van der Waals surface area contributed by atoms with E-state index < -0.39 is 0 Å². The average molecular weight is 184 g/mol. The zero-order chi connectivity index (χ0) is 9.54. The van der Waals surface area contributed by atoms with Crippen LogP contribution in [0.4, 0.5) is 5.82 Å². The minimum atomic E-state index is 0.608. The normalized spacial score (nSPS) is 11.1. The molecule has 0 atom stereocenters. The number of nitrogen functional groups attached to an aromatic ring is 1. The van der Waals surface area contributed by atoms with Gasteiger partial charge in [0.15, 0.2) is 0 Å². The van der Waals surface area contributed by atoms with Crippen LogP contribution < -0.4 is 5.73 Å².